The van der Waals surface area contributed by atoms with E-state index in [9.17, 15) is 14.7 Å². The van der Waals surface area contributed by atoms with Crippen LogP contribution in [0.2, 0.25) is 0 Å². The minimum absolute atomic E-state index is 0.0372. The predicted octanol–water partition coefficient (Wildman–Crippen LogP) is -0.0691. The fraction of sp³-hybridized carbons (Fsp3) is 0.846. The second kappa shape index (κ2) is 5.46. The molecule has 2 fully saturated rings. The molecule has 2 aliphatic heterocycles. The predicted molar refractivity (Wildman–Crippen MR) is 68.7 cm³/mol. The highest BCUT2D eigenvalue weighted by Crippen LogP contribution is 2.34. The summed E-state index contributed by atoms with van der Waals surface area (Å²) in [6, 6.07) is -0.767. The summed E-state index contributed by atoms with van der Waals surface area (Å²) in [5.74, 6) is -1.16. The van der Waals surface area contributed by atoms with Crippen LogP contribution in [0, 0.1) is 11.8 Å². The molecule has 2 heterocycles. The summed E-state index contributed by atoms with van der Waals surface area (Å²) in [5.41, 5.74) is 0. The maximum atomic E-state index is 12.6. The van der Waals surface area contributed by atoms with Crippen LogP contribution in [0.25, 0.3) is 0 Å². The van der Waals surface area contributed by atoms with Crippen LogP contribution in [0.3, 0.4) is 0 Å². The smallest absolute Gasteiger partial charge is 0.327 e. The van der Waals surface area contributed by atoms with Gasteiger partial charge in [-0.25, -0.2) is 4.79 Å². The normalized spacial score (nSPS) is 39.3. The van der Waals surface area contributed by atoms with Crippen LogP contribution in [0.5, 0.6) is 0 Å². The van der Waals surface area contributed by atoms with Gasteiger partial charge in [0.05, 0.1) is 18.1 Å². The van der Waals surface area contributed by atoms with Crippen molar-refractivity contribution in [2.45, 2.75) is 39.0 Å². The van der Waals surface area contributed by atoms with Gasteiger partial charge in [-0.15, -0.1) is 0 Å². The third-order valence-corrected chi connectivity index (χ3v) is 4.34. The quantitative estimate of drug-likeness (QED) is 0.734. The van der Waals surface area contributed by atoms with E-state index in [-0.39, 0.29) is 30.0 Å². The van der Waals surface area contributed by atoms with Crippen molar-refractivity contribution >= 4 is 11.9 Å². The molecule has 5 unspecified atom stereocenters. The molecule has 2 aliphatic rings. The molecule has 0 radical (unpaired) electrons. The van der Waals surface area contributed by atoms with Gasteiger partial charge in [-0.05, 0) is 19.8 Å². The molecule has 108 valence electrons. The Morgan fingerprint density at radius 1 is 1.26 bits per heavy atom. The number of carboxylic acids is 1. The van der Waals surface area contributed by atoms with Crippen molar-refractivity contribution in [3.63, 3.8) is 0 Å². The topological polar surface area (TPSA) is 78.9 Å². The Kier molecular flexibility index (Phi) is 4.10. The number of carbonyl (C=O) groups excluding carboxylic acids is 1. The van der Waals surface area contributed by atoms with E-state index in [1.165, 1.54) is 4.90 Å². The Balaban J connectivity index is 2.15. The molecule has 0 aliphatic carbocycles. The molecule has 5 atom stereocenters. The summed E-state index contributed by atoms with van der Waals surface area (Å²) in [6.45, 7) is 7.24. The molecule has 0 aromatic carbocycles. The molecular formula is C13H22N2O4. The van der Waals surface area contributed by atoms with Crippen molar-refractivity contribution in [2.75, 3.05) is 19.6 Å². The van der Waals surface area contributed by atoms with Gasteiger partial charge in [0.15, 0.2) is 0 Å². The minimum Gasteiger partial charge on any atom is -0.480 e. The Labute approximate surface area is 113 Å². The molecule has 0 bridgehead atoms. The highest BCUT2D eigenvalue weighted by atomic mass is 16.5. The van der Waals surface area contributed by atoms with Gasteiger partial charge in [0.2, 0.25) is 5.91 Å². The van der Waals surface area contributed by atoms with E-state index < -0.39 is 12.0 Å². The lowest BCUT2D eigenvalue weighted by atomic mass is 9.87. The van der Waals surface area contributed by atoms with Gasteiger partial charge in [0.1, 0.15) is 6.04 Å². The van der Waals surface area contributed by atoms with Crippen LogP contribution in [0.15, 0.2) is 0 Å². The van der Waals surface area contributed by atoms with Gasteiger partial charge in [-0.1, -0.05) is 6.92 Å². The van der Waals surface area contributed by atoms with Gasteiger partial charge in [-0.3, -0.25) is 4.79 Å². The minimum atomic E-state index is -0.951. The van der Waals surface area contributed by atoms with Gasteiger partial charge in [0.25, 0.3) is 0 Å². The fourth-order valence-corrected chi connectivity index (χ4v) is 3.07. The third kappa shape index (κ3) is 2.60. The van der Waals surface area contributed by atoms with Crippen molar-refractivity contribution in [3.8, 4) is 0 Å². The van der Waals surface area contributed by atoms with Crippen molar-refractivity contribution in [2.24, 2.45) is 11.8 Å². The van der Waals surface area contributed by atoms with Gasteiger partial charge in [0, 0.05) is 19.6 Å². The zero-order valence-corrected chi connectivity index (χ0v) is 11.6. The standard InChI is InChI=1S/C13H22N2O4/c1-7-8(2)19-9(3)11(7)12(16)15-5-4-14-6-10(15)13(17)18/h7-11,14H,4-6H2,1-3H3,(H,17,18). The van der Waals surface area contributed by atoms with Crippen molar-refractivity contribution in [1.29, 1.82) is 0 Å². The summed E-state index contributed by atoms with van der Waals surface area (Å²) in [4.78, 5) is 25.4. The van der Waals surface area contributed by atoms with E-state index in [1.807, 2.05) is 20.8 Å². The number of carboxylic acid groups (broad SMARTS) is 1. The number of nitrogens with one attached hydrogen (secondary N) is 1. The van der Waals surface area contributed by atoms with Gasteiger partial charge >= 0.3 is 5.97 Å². The average Bonchev–Trinajstić information content (AvgIpc) is 2.62. The first-order valence-electron chi connectivity index (χ1n) is 6.83. The van der Waals surface area contributed by atoms with Crippen LogP contribution in [0.4, 0.5) is 0 Å². The van der Waals surface area contributed by atoms with Crippen molar-refractivity contribution in [1.82, 2.24) is 10.2 Å². The highest BCUT2D eigenvalue weighted by molar-refractivity contribution is 5.86. The molecule has 0 aromatic heterocycles. The molecule has 2 rings (SSSR count). The lowest BCUT2D eigenvalue weighted by Crippen LogP contribution is -2.59. The number of rotatable bonds is 2. The SMILES string of the molecule is CC1OC(C)C(C(=O)N2CCNCC2C(=O)O)C1C. The number of piperazine rings is 1. The summed E-state index contributed by atoms with van der Waals surface area (Å²) < 4.78 is 5.68. The second-order valence-electron chi connectivity index (χ2n) is 5.52. The lowest BCUT2D eigenvalue weighted by molar-refractivity contribution is -0.154. The largest absolute Gasteiger partial charge is 0.480 e. The molecule has 2 N–H and O–H groups in total. The Morgan fingerprint density at radius 3 is 2.47 bits per heavy atom. The molecule has 0 spiro atoms. The third-order valence-electron chi connectivity index (χ3n) is 4.34. The molecular weight excluding hydrogens is 248 g/mol. The van der Waals surface area contributed by atoms with E-state index in [0.29, 0.717) is 19.6 Å². The number of hydrogen-bond acceptors (Lipinski definition) is 4. The average molecular weight is 270 g/mol. The molecule has 0 saturated carbocycles. The highest BCUT2D eigenvalue weighted by Gasteiger charge is 2.45. The van der Waals surface area contributed by atoms with Crippen molar-refractivity contribution in [3.05, 3.63) is 0 Å². The monoisotopic (exact) mass is 270 g/mol. The number of ether oxygens (including phenoxy) is 1. The molecule has 0 aromatic rings. The molecule has 1 amide bonds. The molecule has 6 heteroatoms. The number of aliphatic carboxylic acids is 1. The summed E-state index contributed by atoms with van der Waals surface area (Å²) in [6.07, 6.45) is -0.114. The first-order chi connectivity index (χ1) is 8.93. The van der Waals surface area contributed by atoms with Crippen LogP contribution >= 0.6 is 0 Å². The van der Waals surface area contributed by atoms with E-state index in [2.05, 4.69) is 5.32 Å². The zero-order chi connectivity index (χ0) is 14.2. The number of nitrogens with zero attached hydrogens (tertiary/aromatic N) is 1. The Morgan fingerprint density at radius 2 is 1.95 bits per heavy atom. The van der Waals surface area contributed by atoms with E-state index in [1.54, 1.807) is 0 Å². The Bertz CT molecular complexity index is 374. The van der Waals surface area contributed by atoms with Crippen LogP contribution in [-0.4, -0.2) is 59.8 Å². The van der Waals surface area contributed by atoms with E-state index >= 15 is 0 Å². The maximum absolute atomic E-state index is 12.6. The Hall–Kier alpha value is -1.14. The number of amides is 1. The van der Waals surface area contributed by atoms with E-state index in [0.717, 1.165) is 0 Å². The van der Waals surface area contributed by atoms with E-state index in [4.69, 9.17) is 4.74 Å². The molecule has 6 nitrogen and oxygen atoms in total. The maximum Gasteiger partial charge on any atom is 0.327 e. The number of hydrogen-bond donors (Lipinski definition) is 2. The summed E-state index contributed by atoms with van der Waals surface area (Å²) >= 11 is 0. The number of carbonyl (C=O) groups is 2. The van der Waals surface area contributed by atoms with Gasteiger partial charge < -0.3 is 20.1 Å². The zero-order valence-electron chi connectivity index (χ0n) is 11.6. The summed E-state index contributed by atoms with van der Waals surface area (Å²) in [5, 5.41) is 12.2. The van der Waals surface area contributed by atoms with Crippen molar-refractivity contribution < 1.29 is 19.4 Å². The van der Waals surface area contributed by atoms with Gasteiger partial charge in [-0.2, -0.15) is 0 Å². The summed E-state index contributed by atoms with van der Waals surface area (Å²) in [7, 11) is 0. The van der Waals surface area contributed by atoms with Crippen LogP contribution < -0.4 is 5.32 Å². The lowest BCUT2D eigenvalue weighted by Gasteiger charge is -2.36. The molecule has 2 saturated heterocycles. The fourth-order valence-electron chi connectivity index (χ4n) is 3.07. The second-order valence-corrected chi connectivity index (χ2v) is 5.52. The first kappa shape index (κ1) is 14.3. The van der Waals surface area contributed by atoms with Crippen LogP contribution in [-0.2, 0) is 14.3 Å². The first-order valence-corrected chi connectivity index (χ1v) is 6.83. The molecule has 19 heavy (non-hydrogen) atoms. The van der Waals surface area contributed by atoms with Crippen LogP contribution in [0.1, 0.15) is 20.8 Å².